The van der Waals surface area contributed by atoms with Gasteiger partial charge in [0.15, 0.2) is 0 Å². The minimum atomic E-state index is -0.790. The van der Waals surface area contributed by atoms with Crippen molar-refractivity contribution in [2.45, 2.75) is 257 Å². The van der Waals surface area contributed by atoms with E-state index in [0.29, 0.717) is 19.3 Å². The van der Waals surface area contributed by atoms with Gasteiger partial charge in [0.1, 0.15) is 6.10 Å². The van der Waals surface area contributed by atoms with Gasteiger partial charge in [-0.3, -0.25) is 9.59 Å². The van der Waals surface area contributed by atoms with E-state index in [1.54, 1.807) is 0 Å². The number of aliphatic hydroxyl groups excluding tert-OH is 2. The number of esters is 1. The zero-order valence-electron chi connectivity index (χ0n) is 36.6. The second-order valence-electron chi connectivity index (χ2n) is 16.2. The first-order valence-electron chi connectivity index (χ1n) is 23.7. The molecule has 0 aliphatic heterocycles. The van der Waals surface area contributed by atoms with Crippen LogP contribution in [0.15, 0.2) is 36.5 Å². The lowest BCUT2D eigenvalue weighted by Crippen LogP contribution is -2.46. The first-order valence-corrected chi connectivity index (χ1v) is 23.7. The maximum absolute atomic E-state index is 13.1. The molecule has 0 bridgehead atoms. The molecule has 0 saturated heterocycles. The molecule has 55 heavy (non-hydrogen) atoms. The second kappa shape index (κ2) is 43.2. The molecule has 0 aromatic carbocycles. The van der Waals surface area contributed by atoms with Crippen molar-refractivity contribution in [3.05, 3.63) is 36.5 Å². The van der Waals surface area contributed by atoms with Gasteiger partial charge in [-0.05, 0) is 70.6 Å². The molecule has 322 valence electrons. The van der Waals surface area contributed by atoms with Crippen LogP contribution >= 0.6 is 0 Å². The Hall–Kier alpha value is -1.92. The third-order valence-electron chi connectivity index (χ3n) is 10.7. The number of nitrogens with one attached hydrogen (secondary N) is 1. The van der Waals surface area contributed by atoms with E-state index in [-0.39, 0.29) is 24.9 Å². The number of carbonyl (C=O) groups excluding carboxylic acids is 2. The van der Waals surface area contributed by atoms with E-state index in [2.05, 4.69) is 62.5 Å². The average Bonchev–Trinajstić information content (AvgIpc) is 3.18. The fourth-order valence-corrected chi connectivity index (χ4v) is 7.07. The van der Waals surface area contributed by atoms with Gasteiger partial charge in [0.25, 0.3) is 0 Å². The van der Waals surface area contributed by atoms with Crippen molar-refractivity contribution in [2.75, 3.05) is 6.61 Å². The Balaban J connectivity index is 4.48. The number of amides is 1. The Morgan fingerprint density at radius 2 is 0.964 bits per heavy atom. The highest BCUT2D eigenvalue weighted by Gasteiger charge is 2.24. The lowest BCUT2D eigenvalue weighted by molar-refractivity contribution is -0.151. The fourth-order valence-electron chi connectivity index (χ4n) is 7.07. The van der Waals surface area contributed by atoms with Crippen LogP contribution in [0, 0.1) is 0 Å². The largest absolute Gasteiger partial charge is 0.462 e. The van der Waals surface area contributed by atoms with Crippen LogP contribution in [0.25, 0.3) is 0 Å². The molecule has 0 fully saturated rings. The highest BCUT2D eigenvalue weighted by Crippen LogP contribution is 2.17. The number of carbonyl (C=O) groups is 2. The molecule has 0 aliphatic carbocycles. The van der Waals surface area contributed by atoms with Gasteiger partial charge < -0.3 is 20.3 Å². The smallest absolute Gasteiger partial charge is 0.306 e. The quantitative estimate of drug-likeness (QED) is 0.0248. The van der Waals surface area contributed by atoms with Crippen LogP contribution in [0.4, 0.5) is 0 Å². The van der Waals surface area contributed by atoms with Gasteiger partial charge in [-0.1, -0.05) is 192 Å². The van der Waals surface area contributed by atoms with E-state index in [0.717, 1.165) is 83.5 Å². The molecule has 3 N–H and O–H groups in total. The number of unbranched alkanes of at least 4 members (excludes halogenated alkanes) is 25. The van der Waals surface area contributed by atoms with Gasteiger partial charge in [0.2, 0.25) is 5.91 Å². The van der Waals surface area contributed by atoms with Gasteiger partial charge in [-0.15, -0.1) is 0 Å². The van der Waals surface area contributed by atoms with Gasteiger partial charge in [0, 0.05) is 6.42 Å². The number of aliphatic hydroxyl groups is 2. The van der Waals surface area contributed by atoms with E-state index in [9.17, 15) is 19.8 Å². The first-order chi connectivity index (χ1) is 27.0. The maximum Gasteiger partial charge on any atom is 0.306 e. The Labute approximate surface area is 341 Å². The Kier molecular flexibility index (Phi) is 41.7. The molecule has 6 heteroatoms. The number of hydrogen-bond acceptors (Lipinski definition) is 5. The molecule has 0 heterocycles. The van der Waals surface area contributed by atoms with Crippen LogP contribution in [-0.4, -0.2) is 46.9 Å². The van der Waals surface area contributed by atoms with Crippen LogP contribution in [0.1, 0.15) is 239 Å². The van der Waals surface area contributed by atoms with Crippen LogP contribution in [0.2, 0.25) is 0 Å². The van der Waals surface area contributed by atoms with E-state index < -0.39 is 18.2 Å². The van der Waals surface area contributed by atoms with Crippen LogP contribution in [0.5, 0.6) is 0 Å². The molecule has 0 spiro atoms. The van der Waals surface area contributed by atoms with Crippen molar-refractivity contribution in [3.63, 3.8) is 0 Å². The van der Waals surface area contributed by atoms with Gasteiger partial charge in [0.05, 0.1) is 25.2 Å². The van der Waals surface area contributed by atoms with Crippen LogP contribution < -0.4 is 5.32 Å². The number of allylic oxidation sites excluding steroid dienone is 6. The summed E-state index contributed by atoms with van der Waals surface area (Å²) in [6, 6.07) is -0.704. The predicted molar refractivity (Wildman–Crippen MR) is 236 cm³/mol. The van der Waals surface area contributed by atoms with E-state index in [1.165, 1.54) is 109 Å². The molecule has 3 unspecified atom stereocenters. The van der Waals surface area contributed by atoms with Crippen molar-refractivity contribution >= 4 is 11.9 Å². The topological polar surface area (TPSA) is 95.9 Å². The molecule has 6 nitrogen and oxygen atoms in total. The van der Waals surface area contributed by atoms with Crippen LogP contribution in [-0.2, 0) is 14.3 Å². The zero-order chi connectivity index (χ0) is 40.3. The lowest BCUT2D eigenvalue weighted by Gasteiger charge is -2.24. The molecule has 1 amide bonds. The summed E-state index contributed by atoms with van der Waals surface area (Å²) in [5.74, 6) is -0.504. The zero-order valence-corrected chi connectivity index (χ0v) is 36.6. The SMILES string of the molecule is CCC/C=C\CCCCCC(CC(=O)NC(CO)C(O)CCCCCCCCCCCCCCC)OC(=O)CCCCCCCC/C=C/C=C/CCCCC. The van der Waals surface area contributed by atoms with Crippen molar-refractivity contribution in [3.8, 4) is 0 Å². The summed E-state index contributed by atoms with van der Waals surface area (Å²) in [6.45, 7) is 6.37. The summed E-state index contributed by atoms with van der Waals surface area (Å²) in [7, 11) is 0. The number of hydrogen-bond donors (Lipinski definition) is 3. The molecule has 0 aliphatic rings. The van der Waals surface area contributed by atoms with Crippen molar-refractivity contribution in [1.29, 1.82) is 0 Å². The molecule has 0 saturated carbocycles. The van der Waals surface area contributed by atoms with Crippen LogP contribution in [0.3, 0.4) is 0 Å². The maximum atomic E-state index is 13.1. The summed E-state index contributed by atoms with van der Waals surface area (Å²) in [4.78, 5) is 25.9. The minimum absolute atomic E-state index is 0.0627. The third-order valence-corrected chi connectivity index (χ3v) is 10.7. The fraction of sp³-hybridized carbons (Fsp3) is 0.837. The number of rotatable bonds is 42. The Morgan fingerprint density at radius 1 is 0.527 bits per heavy atom. The molecule has 0 rings (SSSR count). The molecule has 3 atom stereocenters. The third kappa shape index (κ3) is 38.7. The minimum Gasteiger partial charge on any atom is -0.462 e. The predicted octanol–water partition coefficient (Wildman–Crippen LogP) is 13.7. The van der Waals surface area contributed by atoms with Gasteiger partial charge in [-0.25, -0.2) is 0 Å². The van der Waals surface area contributed by atoms with Crippen molar-refractivity contribution in [2.24, 2.45) is 0 Å². The average molecular weight is 774 g/mol. The molecular weight excluding hydrogens is 683 g/mol. The van der Waals surface area contributed by atoms with Crippen molar-refractivity contribution < 1.29 is 24.5 Å². The molecular formula is C49H91NO5. The lowest BCUT2D eigenvalue weighted by atomic mass is 10.0. The highest BCUT2D eigenvalue weighted by molar-refractivity contribution is 5.77. The second-order valence-corrected chi connectivity index (χ2v) is 16.2. The summed E-state index contributed by atoms with van der Waals surface area (Å²) in [5, 5.41) is 23.6. The summed E-state index contributed by atoms with van der Waals surface area (Å²) in [5.41, 5.74) is 0. The molecule has 0 aromatic heterocycles. The van der Waals surface area contributed by atoms with E-state index in [1.807, 2.05) is 0 Å². The van der Waals surface area contributed by atoms with E-state index in [4.69, 9.17) is 4.74 Å². The Bertz CT molecular complexity index is 915. The molecule has 0 radical (unpaired) electrons. The van der Waals surface area contributed by atoms with E-state index >= 15 is 0 Å². The van der Waals surface area contributed by atoms with Gasteiger partial charge in [-0.2, -0.15) is 0 Å². The standard InChI is InChI=1S/C49H91NO5/c1-4-7-10-13-16-19-21-23-24-26-28-30-33-36-39-42-49(54)55-45(40-37-34-31-18-15-12-9-6-3)43-48(53)50-46(44-51)47(52)41-38-35-32-29-27-25-22-20-17-14-11-8-5-2/h12,15-16,19,21,23,45-47,51-52H,4-11,13-14,17-18,20,22,24-44H2,1-3H3,(H,50,53)/b15-12-,19-16+,23-21+. The molecule has 0 aromatic rings. The normalized spacial score (nSPS) is 13.6. The summed E-state index contributed by atoms with van der Waals surface area (Å²) in [6.07, 6.45) is 49.2. The van der Waals surface area contributed by atoms with Gasteiger partial charge >= 0.3 is 5.97 Å². The summed E-state index contributed by atoms with van der Waals surface area (Å²) < 4.78 is 5.88. The monoisotopic (exact) mass is 774 g/mol. The Morgan fingerprint density at radius 3 is 1.53 bits per heavy atom. The number of ether oxygens (including phenoxy) is 1. The summed E-state index contributed by atoms with van der Waals surface area (Å²) >= 11 is 0. The first kappa shape index (κ1) is 53.1. The van der Waals surface area contributed by atoms with Crippen molar-refractivity contribution in [1.82, 2.24) is 5.32 Å². The highest BCUT2D eigenvalue weighted by atomic mass is 16.5.